The molecule has 4 N–H and O–H groups in total. The fourth-order valence-electron chi connectivity index (χ4n) is 1.74. The second-order valence-electron chi connectivity index (χ2n) is 4.65. The summed E-state index contributed by atoms with van der Waals surface area (Å²) in [6, 6.07) is -1.08. The minimum absolute atomic E-state index is 0.289. The molecule has 20 heavy (non-hydrogen) atoms. The van der Waals surface area contributed by atoms with Crippen LogP contribution >= 0.6 is 0 Å². The zero-order valence-electron chi connectivity index (χ0n) is 12.0. The molecule has 0 radical (unpaired) electrons. The molecule has 0 aromatic carbocycles. The van der Waals surface area contributed by atoms with Crippen LogP contribution in [0.5, 0.6) is 0 Å². The zero-order valence-corrected chi connectivity index (χ0v) is 12.0. The Morgan fingerprint density at radius 2 is 2.00 bits per heavy atom. The lowest BCUT2D eigenvalue weighted by atomic mass is 10.0. The van der Waals surface area contributed by atoms with E-state index in [2.05, 4.69) is 5.32 Å². The predicted molar refractivity (Wildman–Crippen MR) is 72.0 cm³/mol. The molecule has 7 nitrogen and oxygen atoms in total. The Hall–Kier alpha value is -1.02. The normalized spacial score (nSPS) is 17.1. The van der Waals surface area contributed by atoms with Gasteiger partial charge in [0.05, 0.1) is 6.61 Å². The average molecular weight is 291 g/mol. The number of hydrogen-bond donors (Lipinski definition) is 4. The van der Waals surface area contributed by atoms with Crippen molar-refractivity contribution in [3.63, 3.8) is 0 Å². The van der Waals surface area contributed by atoms with E-state index in [1.165, 1.54) is 6.92 Å². The molecule has 0 fully saturated rings. The molecule has 0 aromatic rings. The van der Waals surface area contributed by atoms with E-state index >= 15 is 0 Å². The largest absolute Gasteiger partial charge is 0.394 e. The van der Waals surface area contributed by atoms with Crippen LogP contribution in [-0.4, -0.2) is 65.1 Å². The number of unbranched alkanes of at least 4 members (excludes halogenated alkanes) is 2. The van der Waals surface area contributed by atoms with Crippen LogP contribution in [0.15, 0.2) is 0 Å². The summed E-state index contributed by atoms with van der Waals surface area (Å²) in [6.45, 7) is 2.88. The Bertz CT molecular complexity index is 286. The number of carbonyl (C=O) groups excluding carboxylic acids is 2. The number of aliphatic hydroxyl groups is 3. The molecule has 0 aromatic heterocycles. The molecule has 0 unspecified atom stereocenters. The summed E-state index contributed by atoms with van der Waals surface area (Å²) in [5.74, 6) is -0.449. The Morgan fingerprint density at radius 1 is 1.35 bits per heavy atom. The van der Waals surface area contributed by atoms with Crippen LogP contribution in [0.1, 0.15) is 33.1 Å². The van der Waals surface area contributed by atoms with Gasteiger partial charge in [-0.05, 0) is 6.42 Å². The van der Waals surface area contributed by atoms with Crippen molar-refractivity contribution in [1.29, 1.82) is 0 Å². The summed E-state index contributed by atoms with van der Waals surface area (Å²) < 4.78 is 5.42. The molecule has 1 amide bonds. The van der Waals surface area contributed by atoms with Crippen LogP contribution in [0.3, 0.4) is 0 Å². The van der Waals surface area contributed by atoms with Gasteiger partial charge in [-0.25, -0.2) is 0 Å². The van der Waals surface area contributed by atoms with E-state index in [0.717, 1.165) is 19.3 Å². The van der Waals surface area contributed by atoms with Gasteiger partial charge in [-0.3, -0.25) is 4.79 Å². The Kier molecular flexibility index (Phi) is 10.2. The Morgan fingerprint density at radius 3 is 2.45 bits per heavy atom. The van der Waals surface area contributed by atoms with E-state index in [1.54, 1.807) is 0 Å². The number of aliphatic hydroxyl groups excluding tert-OH is 3. The first-order valence-electron chi connectivity index (χ1n) is 6.78. The topological polar surface area (TPSA) is 116 Å². The first-order chi connectivity index (χ1) is 9.47. The van der Waals surface area contributed by atoms with Crippen LogP contribution < -0.4 is 5.32 Å². The fraction of sp³-hybridized carbons (Fsp3) is 0.846. The van der Waals surface area contributed by atoms with Gasteiger partial charge in [-0.15, -0.1) is 0 Å². The van der Waals surface area contributed by atoms with Gasteiger partial charge in [0.15, 0.2) is 0 Å². The number of rotatable bonds is 11. The second-order valence-corrected chi connectivity index (χ2v) is 4.65. The minimum Gasteiger partial charge on any atom is -0.394 e. The third-order valence-electron chi connectivity index (χ3n) is 2.85. The number of ether oxygens (including phenoxy) is 1. The molecule has 118 valence electrons. The molecule has 0 spiro atoms. The molecule has 4 atom stereocenters. The van der Waals surface area contributed by atoms with Gasteiger partial charge in [0, 0.05) is 13.5 Å². The van der Waals surface area contributed by atoms with E-state index in [9.17, 15) is 19.8 Å². The quantitative estimate of drug-likeness (QED) is 0.286. The average Bonchev–Trinajstić information content (AvgIpc) is 2.43. The van der Waals surface area contributed by atoms with Crippen molar-refractivity contribution in [1.82, 2.24) is 5.32 Å². The van der Waals surface area contributed by atoms with Gasteiger partial charge in [0.1, 0.15) is 30.6 Å². The smallest absolute Gasteiger partial charge is 0.217 e. The lowest BCUT2D eigenvalue weighted by molar-refractivity contribution is -0.136. The van der Waals surface area contributed by atoms with Gasteiger partial charge >= 0.3 is 0 Å². The third-order valence-corrected chi connectivity index (χ3v) is 2.85. The van der Waals surface area contributed by atoms with Gasteiger partial charge in [0.25, 0.3) is 0 Å². The maximum Gasteiger partial charge on any atom is 0.217 e. The number of aldehydes is 1. The number of hydrogen-bond acceptors (Lipinski definition) is 6. The molecule has 0 saturated heterocycles. The van der Waals surface area contributed by atoms with Crippen LogP contribution in [0.2, 0.25) is 0 Å². The fourth-order valence-corrected chi connectivity index (χ4v) is 1.74. The molecule has 7 heteroatoms. The van der Waals surface area contributed by atoms with E-state index in [1.807, 2.05) is 6.92 Å². The molecule has 0 aliphatic rings. The summed E-state index contributed by atoms with van der Waals surface area (Å²) in [7, 11) is 0. The van der Waals surface area contributed by atoms with Crippen molar-refractivity contribution >= 4 is 12.2 Å². The maximum atomic E-state index is 11.0. The third kappa shape index (κ3) is 6.95. The molecule has 0 aliphatic heterocycles. The minimum atomic E-state index is -1.47. The maximum absolute atomic E-state index is 11.0. The van der Waals surface area contributed by atoms with Crippen molar-refractivity contribution < 1.29 is 29.6 Å². The molecular weight excluding hydrogens is 266 g/mol. The second kappa shape index (κ2) is 10.7. The lowest BCUT2D eigenvalue weighted by Crippen LogP contribution is -2.54. The summed E-state index contributed by atoms with van der Waals surface area (Å²) in [4.78, 5) is 22.1. The molecular formula is C13H25NO6. The van der Waals surface area contributed by atoms with Crippen molar-refractivity contribution in [3.05, 3.63) is 0 Å². The van der Waals surface area contributed by atoms with Crippen molar-refractivity contribution in [2.24, 2.45) is 0 Å². The Labute approximate surface area is 118 Å². The number of nitrogens with one attached hydrogen (secondary N) is 1. The highest BCUT2D eigenvalue weighted by atomic mass is 16.5. The highest BCUT2D eigenvalue weighted by molar-refractivity contribution is 5.77. The van der Waals surface area contributed by atoms with Crippen LogP contribution in [0.25, 0.3) is 0 Å². The SMILES string of the molecule is CCCCCO[C@@H]([C@@H](O)[C@H](O)CO)[C@H](C=O)NC(C)=O. The molecule has 0 rings (SSSR count). The van der Waals surface area contributed by atoms with Crippen molar-refractivity contribution in [2.75, 3.05) is 13.2 Å². The predicted octanol–water partition coefficient (Wildman–Crippen LogP) is -1.02. The standard InChI is InChI=1S/C13H25NO6/c1-3-4-5-6-20-13(12(19)11(18)8-16)10(7-15)14-9(2)17/h7,10-13,16,18-19H,3-6,8H2,1-2H3,(H,14,17)/t10-,11+,12-,13+/m0/s1. The van der Waals surface area contributed by atoms with Crippen LogP contribution in [0, 0.1) is 0 Å². The highest BCUT2D eigenvalue weighted by Crippen LogP contribution is 2.10. The van der Waals surface area contributed by atoms with Crippen molar-refractivity contribution in [2.45, 2.75) is 57.5 Å². The summed E-state index contributed by atoms with van der Waals surface area (Å²) >= 11 is 0. The van der Waals surface area contributed by atoms with E-state index in [-0.39, 0.29) is 6.61 Å². The molecule has 0 saturated carbocycles. The summed E-state index contributed by atoms with van der Waals surface area (Å²) in [6.07, 6.45) is -0.920. The number of amides is 1. The summed E-state index contributed by atoms with van der Waals surface area (Å²) in [5.41, 5.74) is 0. The molecule has 0 heterocycles. The van der Waals surface area contributed by atoms with Crippen LogP contribution in [0.4, 0.5) is 0 Å². The van der Waals surface area contributed by atoms with Gasteiger partial charge < -0.3 is 30.2 Å². The first kappa shape index (κ1) is 19.0. The zero-order chi connectivity index (χ0) is 15.5. The van der Waals surface area contributed by atoms with E-state index < -0.39 is 36.9 Å². The monoisotopic (exact) mass is 291 g/mol. The Balaban J connectivity index is 4.73. The first-order valence-corrected chi connectivity index (χ1v) is 6.78. The summed E-state index contributed by atoms with van der Waals surface area (Å²) in [5, 5.41) is 30.6. The highest BCUT2D eigenvalue weighted by Gasteiger charge is 2.34. The van der Waals surface area contributed by atoms with Gasteiger partial charge in [0.2, 0.25) is 5.91 Å². The van der Waals surface area contributed by atoms with Crippen molar-refractivity contribution in [3.8, 4) is 0 Å². The lowest BCUT2D eigenvalue weighted by Gasteiger charge is -2.30. The molecule has 0 aliphatic carbocycles. The van der Waals surface area contributed by atoms with Crippen LogP contribution in [-0.2, 0) is 14.3 Å². The van der Waals surface area contributed by atoms with Gasteiger partial charge in [-0.2, -0.15) is 0 Å². The van der Waals surface area contributed by atoms with E-state index in [4.69, 9.17) is 9.84 Å². The van der Waals surface area contributed by atoms with E-state index in [0.29, 0.717) is 6.29 Å². The molecule has 0 bridgehead atoms. The number of carbonyl (C=O) groups is 2. The van der Waals surface area contributed by atoms with Gasteiger partial charge in [-0.1, -0.05) is 19.8 Å².